The number of nitrogens with one attached hydrogen (secondary N) is 2. The Balaban J connectivity index is 1.87. The van der Waals surface area contributed by atoms with Crippen LogP contribution in [0, 0.1) is 0 Å². The third-order valence-corrected chi connectivity index (χ3v) is 3.02. The molecular formula is C12H18N4O. The van der Waals surface area contributed by atoms with Crippen molar-refractivity contribution in [3.05, 3.63) is 23.9 Å². The van der Waals surface area contributed by atoms with Gasteiger partial charge in [0.2, 0.25) is 0 Å². The summed E-state index contributed by atoms with van der Waals surface area (Å²) >= 11 is 0. The first-order valence-corrected chi connectivity index (χ1v) is 5.99. The second-order valence-electron chi connectivity index (χ2n) is 4.27. The van der Waals surface area contributed by atoms with Crippen molar-refractivity contribution < 1.29 is 4.79 Å². The number of pyridine rings is 1. The third kappa shape index (κ3) is 3.17. The first-order chi connectivity index (χ1) is 8.27. The maximum absolute atomic E-state index is 11.2. The summed E-state index contributed by atoms with van der Waals surface area (Å²) in [5.41, 5.74) is 5.73. The Morgan fingerprint density at radius 3 is 3.24 bits per heavy atom. The molecule has 5 nitrogen and oxygen atoms in total. The van der Waals surface area contributed by atoms with Crippen molar-refractivity contribution in [1.82, 2.24) is 10.3 Å². The molecule has 0 radical (unpaired) electrons. The Morgan fingerprint density at radius 1 is 1.65 bits per heavy atom. The number of carbonyl (C=O) groups excluding carboxylic acids is 1. The number of anilines is 1. The Hall–Kier alpha value is -1.62. The highest BCUT2D eigenvalue weighted by molar-refractivity contribution is 5.97. The maximum Gasteiger partial charge on any atom is 0.252 e. The molecule has 2 heterocycles. The molecule has 0 spiro atoms. The van der Waals surface area contributed by atoms with E-state index in [0.29, 0.717) is 17.4 Å². The molecule has 1 saturated heterocycles. The summed E-state index contributed by atoms with van der Waals surface area (Å²) < 4.78 is 0. The van der Waals surface area contributed by atoms with Gasteiger partial charge in [-0.15, -0.1) is 0 Å². The van der Waals surface area contributed by atoms with E-state index in [1.807, 2.05) is 0 Å². The molecule has 0 aromatic carbocycles. The van der Waals surface area contributed by atoms with E-state index < -0.39 is 5.91 Å². The van der Waals surface area contributed by atoms with Crippen molar-refractivity contribution in [3.8, 4) is 0 Å². The molecule has 0 unspecified atom stereocenters. The number of carbonyl (C=O) groups is 1. The molecule has 0 aliphatic carbocycles. The molecular weight excluding hydrogens is 216 g/mol. The zero-order valence-electron chi connectivity index (χ0n) is 9.78. The summed E-state index contributed by atoms with van der Waals surface area (Å²) in [5, 5.41) is 6.60. The molecule has 1 fully saturated rings. The van der Waals surface area contributed by atoms with Gasteiger partial charge in [0, 0.05) is 18.8 Å². The van der Waals surface area contributed by atoms with Gasteiger partial charge in [-0.1, -0.05) is 0 Å². The van der Waals surface area contributed by atoms with Gasteiger partial charge in [-0.3, -0.25) is 4.79 Å². The van der Waals surface area contributed by atoms with Crippen LogP contribution < -0.4 is 16.4 Å². The van der Waals surface area contributed by atoms with Crippen LogP contribution in [0.2, 0.25) is 0 Å². The van der Waals surface area contributed by atoms with Crippen molar-refractivity contribution in [2.45, 2.75) is 25.3 Å². The lowest BCUT2D eigenvalue weighted by molar-refractivity contribution is 0.100. The topological polar surface area (TPSA) is 80.0 Å². The van der Waals surface area contributed by atoms with E-state index in [2.05, 4.69) is 15.6 Å². The highest BCUT2D eigenvalue weighted by Crippen LogP contribution is 2.12. The van der Waals surface area contributed by atoms with Crippen LogP contribution in [0.15, 0.2) is 18.3 Å². The molecule has 1 aliphatic heterocycles. The fourth-order valence-electron chi connectivity index (χ4n) is 2.11. The quantitative estimate of drug-likeness (QED) is 0.702. The van der Waals surface area contributed by atoms with E-state index in [1.165, 1.54) is 12.8 Å². The van der Waals surface area contributed by atoms with Crippen LogP contribution in [0.1, 0.15) is 29.6 Å². The molecule has 4 N–H and O–H groups in total. The fourth-order valence-corrected chi connectivity index (χ4v) is 2.11. The van der Waals surface area contributed by atoms with Gasteiger partial charge < -0.3 is 16.4 Å². The van der Waals surface area contributed by atoms with E-state index >= 15 is 0 Å². The smallest absolute Gasteiger partial charge is 0.252 e. The average Bonchev–Trinajstić information content (AvgIpc) is 2.82. The minimum absolute atomic E-state index is 0.445. The molecule has 1 aliphatic rings. The lowest BCUT2D eigenvalue weighted by Crippen LogP contribution is -2.24. The van der Waals surface area contributed by atoms with E-state index in [1.54, 1.807) is 18.3 Å². The number of hydrogen-bond acceptors (Lipinski definition) is 4. The van der Waals surface area contributed by atoms with Crippen LogP contribution >= 0.6 is 0 Å². The lowest BCUT2D eigenvalue weighted by atomic mass is 10.1. The van der Waals surface area contributed by atoms with Crippen molar-refractivity contribution >= 4 is 11.7 Å². The Morgan fingerprint density at radius 2 is 2.53 bits per heavy atom. The number of rotatable bonds is 5. The highest BCUT2D eigenvalue weighted by Gasteiger charge is 2.14. The van der Waals surface area contributed by atoms with E-state index in [0.717, 1.165) is 19.5 Å². The van der Waals surface area contributed by atoms with Gasteiger partial charge in [0.15, 0.2) is 0 Å². The fraction of sp³-hybridized carbons (Fsp3) is 0.500. The van der Waals surface area contributed by atoms with Crippen LogP contribution in [0.25, 0.3) is 0 Å². The first-order valence-electron chi connectivity index (χ1n) is 5.99. The van der Waals surface area contributed by atoms with Crippen LogP contribution in [0.5, 0.6) is 0 Å². The van der Waals surface area contributed by atoms with E-state index in [-0.39, 0.29) is 0 Å². The number of nitrogens with zero attached hydrogens (tertiary/aromatic N) is 1. The van der Waals surface area contributed by atoms with Crippen molar-refractivity contribution in [3.63, 3.8) is 0 Å². The molecule has 1 aromatic heterocycles. The number of nitrogens with two attached hydrogens (primary N) is 1. The second-order valence-corrected chi connectivity index (χ2v) is 4.27. The number of hydrogen-bond donors (Lipinski definition) is 3. The molecule has 0 saturated carbocycles. The summed E-state index contributed by atoms with van der Waals surface area (Å²) in [4.78, 5) is 15.3. The first kappa shape index (κ1) is 11.9. The third-order valence-electron chi connectivity index (χ3n) is 3.02. The van der Waals surface area contributed by atoms with Gasteiger partial charge in [0.25, 0.3) is 5.91 Å². The molecule has 2 rings (SSSR count). The summed E-state index contributed by atoms with van der Waals surface area (Å²) in [6, 6.07) is 3.98. The molecule has 1 amide bonds. The summed E-state index contributed by atoms with van der Waals surface area (Å²) in [7, 11) is 0. The van der Waals surface area contributed by atoms with Crippen molar-refractivity contribution in [1.29, 1.82) is 0 Å². The largest absolute Gasteiger partial charge is 0.369 e. The zero-order valence-corrected chi connectivity index (χ0v) is 9.78. The van der Waals surface area contributed by atoms with Gasteiger partial charge in [0.05, 0.1) is 5.56 Å². The van der Waals surface area contributed by atoms with Gasteiger partial charge in [0.1, 0.15) is 5.82 Å². The molecule has 92 valence electrons. The average molecular weight is 234 g/mol. The van der Waals surface area contributed by atoms with Crippen molar-refractivity contribution in [2.24, 2.45) is 5.73 Å². The maximum atomic E-state index is 11.2. The number of amides is 1. The van der Waals surface area contributed by atoms with Gasteiger partial charge in [-0.25, -0.2) is 4.98 Å². The predicted molar refractivity (Wildman–Crippen MR) is 66.9 cm³/mol. The molecule has 1 aromatic rings. The van der Waals surface area contributed by atoms with Crippen molar-refractivity contribution in [2.75, 3.05) is 18.4 Å². The molecule has 5 heteroatoms. The number of primary amides is 1. The zero-order chi connectivity index (χ0) is 12.1. The summed E-state index contributed by atoms with van der Waals surface area (Å²) in [6.07, 6.45) is 5.17. The summed E-state index contributed by atoms with van der Waals surface area (Å²) in [6.45, 7) is 1.91. The van der Waals surface area contributed by atoms with Gasteiger partial charge >= 0.3 is 0 Å². The molecule has 1 atom stereocenters. The van der Waals surface area contributed by atoms with E-state index in [9.17, 15) is 4.79 Å². The van der Waals surface area contributed by atoms with E-state index in [4.69, 9.17) is 5.73 Å². The Bertz CT molecular complexity index is 388. The normalized spacial score (nSPS) is 19.2. The van der Waals surface area contributed by atoms with Crippen LogP contribution in [-0.2, 0) is 0 Å². The SMILES string of the molecule is NC(=O)c1cccnc1NCC[C@H]1CCCN1. The monoisotopic (exact) mass is 234 g/mol. The summed E-state index contributed by atoms with van der Waals surface area (Å²) in [5.74, 6) is 0.137. The van der Waals surface area contributed by atoms with Gasteiger partial charge in [-0.05, 0) is 37.9 Å². The minimum atomic E-state index is -0.445. The number of aromatic nitrogens is 1. The highest BCUT2D eigenvalue weighted by atomic mass is 16.1. The van der Waals surface area contributed by atoms with Gasteiger partial charge in [-0.2, -0.15) is 0 Å². The Kier molecular flexibility index (Phi) is 3.93. The molecule has 0 bridgehead atoms. The lowest BCUT2D eigenvalue weighted by Gasteiger charge is -2.12. The minimum Gasteiger partial charge on any atom is -0.369 e. The standard InChI is InChI=1S/C12H18N4O/c13-11(17)10-4-2-7-15-12(10)16-8-5-9-3-1-6-14-9/h2,4,7,9,14H,1,3,5-6,8H2,(H2,13,17)(H,15,16)/t9-/m1/s1. The van der Waals surface area contributed by atoms with Crippen LogP contribution in [0.4, 0.5) is 5.82 Å². The predicted octanol–water partition coefficient (Wildman–Crippen LogP) is 0.734. The second kappa shape index (κ2) is 5.63. The van der Waals surface area contributed by atoms with Crippen LogP contribution in [-0.4, -0.2) is 30.0 Å². The Labute approximate surface area is 101 Å². The molecule has 17 heavy (non-hydrogen) atoms. The van der Waals surface area contributed by atoms with Crippen LogP contribution in [0.3, 0.4) is 0 Å².